The molecule has 0 unspecified atom stereocenters. The highest BCUT2D eigenvalue weighted by Crippen LogP contribution is 2.28. The molecule has 2 amide bonds. The molecule has 0 saturated heterocycles. The molecule has 8 heteroatoms. The molecule has 1 saturated carbocycles. The van der Waals surface area contributed by atoms with E-state index < -0.39 is 28.5 Å². The van der Waals surface area contributed by atoms with Crippen molar-refractivity contribution >= 4 is 27.5 Å². The van der Waals surface area contributed by atoms with Gasteiger partial charge in [0, 0.05) is 12.6 Å². The maximum absolute atomic E-state index is 14.0. The SMILES string of the molecule is Cc1ccc(N(CC(=O)N(CCc2ccccc2)[C@H](C)C(=O)NC2CCCC2)S(=O)(=O)c2ccccc2)c(C)c1. The van der Waals surface area contributed by atoms with Gasteiger partial charge in [0.25, 0.3) is 10.0 Å². The summed E-state index contributed by atoms with van der Waals surface area (Å²) in [5, 5.41) is 3.10. The predicted molar refractivity (Wildman–Crippen MR) is 159 cm³/mol. The molecule has 7 nitrogen and oxygen atoms in total. The van der Waals surface area contributed by atoms with Gasteiger partial charge in [-0.25, -0.2) is 8.42 Å². The lowest BCUT2D eigenvalue weighted by molar-refractivity contribution is -0.139. The van der Waals surface area contributed by atoms with Gasteiger partial charge in [-0.05, 0) is 69.4 Å². The van der Waals surface area contributed by atoms with E-state index in [1.807, 2.05) is 56.3 Å². The fourth-order valence-electron chi connectivity index (χ4n) is 5.28. The smallest absolute Gasteiger partial charge is 0.264 e. The van der Waals surface area contributed by atoms with Crippen molar-refractivity contribution in [3.8, 4) is 0 Å². The Morgan fingerprint density at radius 2 is 1.55 bits per heavy atom. The highest BCUT2D eigenvalue weighted by Gasteiger charge is 2.33. The molecule has 1 atom stereocenters. The summed E-state index contributed by atoms with van der Waals surface area (Å²) < 4.78 is 29.0. The monoisotopic (exact) mass is 561 g/mol. The van der Waals surface area contributed by atoms with Crippen LogP contribution in [0.25, 0.3) is 0 Å². The van der Waals surface area contributed by atoms with Crippen LogP contribution in [0.5, 0.6) is 0 Å². The van der Waals surface area contributed by atoms with Crippen molar-refractivity contribution in [3.05, 3.63) is 95.6 Å². The first kappa shape index (κ1) is 29.3. The minimum atomic E-state index is -4.06. The highest BCUT2D eigenvalue weighted by molar-refractivity contribution is 7.92. The second kappa shape index (κ2) is 13.1. The first-order valence-corrected chi connectivity index (χ1v) is 15.4. The summed E-state index contributed by atoms with van der Waals surface area (Å²) in [6.45, 7) is 5.37. The van der Waals surface area contributed by atoms with Crippen LogP contribution in [-0.2, 0) is 26.0 Å². The first-order valence-electron chi connectivity index (χ1n) is 14.0. The Morgan fingerprint density at radius 1 is 0.925 bits per heavy atom. The van der Waals surface area contributed by atoms with E-state index in [0.717, 1.165) is 42.4 Å². The third-order valence-electron chi connectivity index (χ3n) is 7.58. The van der Waals surface area contributed by atoms with Crippen LogP contribution >= 0.6 is 0 Å². The van der Waals surface area contributed by atoms with Crippen molar-refractivity contribution < 1.29 is 18.0 Å². The summed E-state index contributed by atoms with van der Waals surface area (Å²) in [7, 11) is -4.06. The zero-order valence-corrected chi connectivity index (χ0v) is 24.4. The van der Waals surface area contributed by atoms with Crippen LogP contribution in [0.3, 0.4) is 0 Å². The molecule has 0 aromatic heterocycles. The van der Waals surface area contributed by atoms with E-state index in [0.29, 0.717) is 12.1 Å². The quantitative estimate of drug-likeness (QED) is 0.356. The van der Waals surface area contributed by atoms with Crippen molar-refractivity contribution in [1.82, 2.24) is 10.2 Å². The summed E-state index contributed by atoms with van der Waals surface area (Å²) in [4.78, 5) is 28.9. The molecule has 1 N–H and O–H groups in total. The van der Waals surface area contributed by atoms with E-state index in [1.165, 1.54) is 21.3 Å². The lowest BCUT2D eigenvalue weighted by Gasteiger charge is -2.33. The van der Waals surface area contributed by atoms with Crippen LogP contribution in [-0.4, -0.2) is 50.3 Å². The lowest BCUT2D eigenvalue weighted by Crippen LogP contribution is -2.53. The van der Waals surface area contributed by atoms with Gasteiger partial charge in [0.2, 0.25) is 11.8 Å². The van der Waals surface area contributed by atoms with Gasteiger partial charge < -0.3 is 10.2 Å². The molecule has 1 aliphatic carbocycles. The number of hydrogen-bond donors (Lipinski definition) is 1. The Bertz CT molecular complexity index is 1400. The molecule has 0 heterocycles. The van der Waals surface area contributed by atoms with Gasteiger partial charge in [0.1, 0.15) is 12.6 Å². The minimum Gasteiger partial charge on any atom is -0.352 e. The molecule has 4 rings (SSSR count). The third kappa shape index (κ3) is 7.10. The van der Waals surface area contributed by atoms with Crippen LogP contribution < -0.4 is 9.62 Å². The summed E-state index contributed by atoms with van der Waals surface area (Å²) >= 11 is 0. The van der Waals surface area contributed by atoms with Gasteiger partial charge >= 0.3 is 0 Å². The topological polar surface area (TPSA) is 86.8 Å². The van der Waals surface area contributed by atoms with Gasteiger partial charge in [0.15, 0.2) is 0 Å². The summed E-state index contributed by atoms with van der Waals surface area (Å²) in [5.74, 6) is -0.637. The number of sulfonamides is 1. The number of rotatable bonds is 11. The number of anilines is 1. The molecular weight excluding hydrogens is 522 g/mol. The van der Waals surface area contributed by atoms with E-state index in [4.69, 9.17) is 0 Å². The Kier molecular flexibility index (Phi) is 9.63. The molecule has 1 aliphatic rings. The Morgan fingerprint density at radius 3 is 2.17 bits per heavy atom. The minimum absolute atomic E-state index is 0.102. The highest BCUT2D eigenvalue weighted by atomic mass is 32.2. The number of benzene rings is 3. The standard InChI is InChI=1S/C32H39N3O4S/c1-24-18-19-30(25(2)22-24)35(40(38,39)29-16-8-5-9-17-29)23-31(36)34(21-20-27-12-6-4-7-13-27)26(3)32(37)33-28-14-10-11-15-28/h4-9,12-13,16-19,22,26,28H,10-11,14-15,20-21,23H2,1-3H3,(H,33,37)/t26-/m1/s1. The average Bonchev–Trinajstić information content (AvgIpc) is 3.46. The molecule has 1 fully saturated rings. The van der Waals surface area contributed by atoms with Gasteiger partial charge in [-0.1, -0.05) is 79.1 Å². The van der Waals surface area contributed by atoms with Crippen LogP contribution in [0.4, 0.5) is 5.69 Å². The van der Waals surface area contributed by atoms with Gasteiger partial charge in [-0.15, -0.1) is 0 Å². The fourth-order valence-corrected chi connectivity index (χ4v) is 6.78. The maximum atomic E-state index is 14.0. The number of hydrogen-bond acceptors (Lipinski definition) is 4. The molecule has 40 heavy (non-hydrogen) atoms. The predicted octanol–water partition coefficient (Wildman–Crippen LogP) is 5.02. The second-order valence-corrected chi connectivity index (χ2v) is 12.5. The van der Waals surface area contributed by atoms with Gasteiger partial charge in [-0.3, -0.25) is 13.9 Å². The molecule has 212 valence electrons. The van der Waals surface area contributed by atoms with Crippen LogP contribution in [0.1, 0.15) is 49.3 Å². The molecule has 3 aromatic carbocycles. The normalized spacial score (nSPS) is 14.5. The van der Waals surface area contributed by atoms with Crippen molar-refractivity contribution in [2.24, 2.45) is 0 Å². The number of carbonyl (C=O) groups is 2. The van der Waals surface area contributed by atoms with Crippen molar-refractivity contribution in [3.63, 3.8) is 0 Å². The Balaban J connectivity index is 1.66. The molecule has 0 bridgehead atoms. The van der Waals surface area contributed by atoms with Crippen LogP contribution in [0.2, 0.25) is 0 Å². The first-order chi connectivity index (χ1) is 19.2. The molecule has 0 spiro atoms. The lowest BCUT2D eigenvalue weighted by atomic mass is 10.1. The number of aryl methyl sites for hydroxylation is 2. The largest absolute Gasteiger partial charge is 0.352 e. The van der Waals surface area contributed by atoms with E-state index in [-0.39, 0.29) is 23.4 Å². The van der Waals surface area contributed by atoms with E-state index in [1.54, 1.807) is 31.2 Å². The summed E-state index contributed by atoms with van der Waals surface area (Å²) in [5.41, 5.74) is 3.21. The van der Waals surface area contributed by atoms with Crippen LogP contribution in [0.15, 0.2) is 83.8 Å². The third-order valence-corrected chi connectivity index (χ3v) is 9.36. The van der Waals surface area contributed by atoms with Crippen molar-refractivity contribution in [2.45, 2.75) is 69.9 Å². The van der Waals surface area contributed by atoms with Gasteiger partial charge in [0.05, 0.1) is 10.6 Å². The fraction of sp³-hybridized carbons (Fsp3) is 0.375. The van der Waals surface area contributed by atoms with E-state index in [9.17, 15) is 18.0 Å². The maximum Gasteiger partial charge on any atom is 0.264 e. The zero-order valence-electron chi connectivity index (χ0n) is 23.5. The van der Waals surface area contributed by atoms with Crippen molar-refractivity contribution in [2.75, 3.05) is 17.4 Å². The number of carbonyl (C=O) groups excluding carboxylic acids is 2. The Labute approximate surface area is 238 Å². The number of nitrogens with zero attached hydrogens (tertiary/aromatic N) is 2. The van der Waals surface area contributed by atoms with Crippen molar-refractivity contribution in [1.29, 1.82) is 0 Å². The number of amides is 2. The number of nitrogens with one attached hydrogen (secondary N) is 1. The average molecular weight is 562 g/mol. The zero-order chi connectivity index (χ0) is 28.7. The summed E-state index contributed by atoms with van der Waals surface area (Å²) in [6.07, 6.45) is 4.58. The second-order valence-electron chi connectivity index (χ2n) is 10.6. The molecular formula is C32H39N3O4S. The molecule has 3 aromatic rings. The van der Waals surface area contributed by atoms with Crippen LogP contribution in [0, 0.1) is 13.8 Å². The van der Waals surface area contributed by atoms with E-state index >= 15 is 0 Å². The molecule has 0 aliphatic heterocycles. The van der Waals surface area contributed by atoms with Gasteiger partial charge in [-0.2, -0.15) is 0 Å². The Hall–Kier alpha value is -3.65. The summed E-state index contributed by atoms with van der Waals surface area (Å²) in [6, 6.07) is 22.7. The molecule has 0 radical (unpaired) electrons. The van der Waals surface area contributed by atoms with E-state index in [2.05, 4.69) is 5.32 Å².